The normalized spacial score (nSPS) is 17.8. The van der Waals surface area contributed by atoms with Gasteiger partial charge < -0.3 is 13.9 Å². The lowest BCUT2D eigenvalue weighted by atomic mass is 9.99. The summed E-state index contributed by atoms with van der Waals surface area (Å²) in [5, 5.41) is 4.48. The van der Waals surface area contributed by atoms with Crippen molar-refractivity contribution in [2.45, 2.75) is 26.4 Å². The highest BCUT2D eigenvalue weighted by Crippen LogP contribution is 2.22. The topological polar surface area (TPSA) is 69.7 Å². The average molecular weight is 377 g/mol. The van der Waals surface area contributed by atoms with E-state index in [0.29, 0.717) is 30.5 Å². The molecular weight excluding hydrogens is 354 g/mol. The summed E-state index contributed by atoms with van der Waals surface area (Å²) in [6.45, 7) is 4.27. The van der Waals surface area contributed by atoms with Gasteiger partial charge in [-0.15, -0.1) is 5.10 Å². The van der Waals surface area contributed by atoms with Gasteiger partial charge in [0.05, 0.1) is 26.3 Å². The number of esters is 1. The van der Waals surface area contributed by atoms with Crippen molar-refractivity contribution in [3.8, 4) is 17.2 Å². The van der Waals surface area contributed by atoms with E-state index in [1.807, 2.05) is 31.2 Å². The lowest BCUT2D eigenvalue weighted by molar-refractivity contribution is -0.150. The van der Waals surface area contributed by atoms with Crippen LogP contribution in [-0.2, 0) is 16.2 Å². The Hall–Kier alpha value is -2.19. The highest BCUT2D eigenvalue weighted by molar-refractivity contribution is 7.71. The zero-order valence-corrected chi connectivity index (χ0v) is 15.8. The van der Waals surface area contributed by atoms with Crippen LogP contribution in [0.25, 0.3) is 11.5 Å². The maximum Gasteiger partial charge on any atom is 0.310 e. The molecule has 7 nitrogen and oxygen atoms in total. The van der Waals surface area contributed by atoms with Crippen LogP contribution in [0.2, 0.25) is 0 Å². The van der Waals surface area contributed by atoms with E-state index < -0.39 is 0 Å². The van der Waals surface area contributed by atoms with Gasteiger partial charge in [-0.1, -0.05) is 0 Å². The summed E-state index contributed by atoms with van der Waals surface area (Å²) in [7, 11) is 1.62. The highest BCUT2D eigenvalue weighted by atomic mass is 32.1. The van der Waals surface area contributed by atoms with Crippen LogP contribution in [0.15, 0.2) is 28.7 Å². The molecule has 1 atom stereocenters. The maximum absolute atomic E-state index is 12.0. The summed E-state index contributed by atoms with van der Waals surface area (Å²) in [5.41, 5.74) is 0.832. The van der Waals surface area contributed by atoms with Gasteiger partial charge in [0.2, 0.25) is 5.89 Å². The molecule has 0 aliphatic carbocycles. The van der Waals surface area contributed by atoms with Gasteiger partial charge in [0, 0.05) is 12.1 Å². The lowest BCUT2D eigenvalue weighted by Crippen LogP contribution is -2.40. The first-order chi connectivity index (χ1) is 12.6. The maximum atomic E-state index is 12.0. The monoisotopic (exact) mass is 377 g/mol. The molecule has 8 heteroatoms. The summed E-state index contributed by atoms with van der Waals surface area (Å²) >= 11 is 5.30. The number of carbonyl (C=O) groups is 1. The Bertz CT molecular complexity index is 800. The van der Waals surface area contributed by atoms with Gasteiger partial charge in [0.1, 0.15) is 5.75 Å². The first kappa shape index (κ1) is 18.6. The molecule has 140 valence electrons. The van der Waals surface area contributed by atoms with Crippen molar-refractivity contribution in [2.75, 3.05) is 26.8 Å². The van der Waals surface area contributed by atoms with E-state index in [0.717, 1.165) is 30.7 Å². The van der Waals surface area contributed by atoms with Crippen molar-refractivity contribution < 1.29 is 18.7 Å². The van der Waals surface area contributed by atoms with Crippen molar-refractivity contribution in [3.05, 3.63) is 29.1 Å². The number of ether oxygens (including phenoxy) is 2. The molecule has 0 radical (unpaired) electrons. The molecule has 1 aliphatic heterocycles. The zero-order chi connectivity index (χ0) is 18.5. The van der Waals surface area contributed by atoms with Crippen LogP contribution < -0.4 is 4.74 Å². The number of nitrogens with zero attached hydrogens (tertiary/aromatic N) is 3. The number of hydrogen-bond donors (Lipinski definition) is 0. The number of benzene rings is 1. The molecule has 0 bridgehead atoms. The van der Waals surface area contributed by atoms with Gasteiger partial charge in [0.15, 0.2) is 0 Å². The Morgan fingerprint density at radius 3 is 2.85 bits per heavy atom. The number of carbonyl (C=O) groups excluding carboxylic acids is 1. The molecular formula is C18H23N3O4S. The van der Waals surface area contributed by atoms with Crippen LogP contribution in [-0.4, -0.2) is 47.5 Å². The summed E-state index contributed by atoms with van der Waals surface area (Å²) in [6.07, 6.45) is 1.80. The van der Waals surface area contributed by atoms with E-state index in [4.69, 9.17) is 26.1 Å². The molecule has 1 fully saturated rings. The van der Waals surface area contributed by atoms with E-state index in [2.05, 4.69) is 10.00 Å². The second-order valence-corrected chi connectivity index (χ2v) is 6.56. The summed E-state index contributed by atoms with van der Waals surface area (Å²) in [4.78, 5) is 14.5. The fourth-order valence-electron chi connectivity index (χ4n) is 3.07. The smallest absolute Gasteiger partial charge is 0.310 e. The minimum atomic E-state index is -0.125. The van der Waals surface area contributed by atoms with Crippen LogP contribution in [0.1, 0.15) is 19.8 Å². The van der Waals surface area contributed by atoms with Crippen LogP contribution in [0.5, 0.6) is 5.75 Å². The van der Waals surface area contributed by atoms with Crippen molar-refractivity contribution in [2.24, 2.45) is 5.92 Å². The SMILES string of the molecule is CCOC(=O)[C@H]1CCCN(Cn2nc(-c3ccc(OC)cc3)oc2=S)C1. The Morgan fingerprint density at radius 1 is 1.38 bits per heavy atom. The van der Waals surface area contributed by atoms with Gasteiger partial charge in [0.25, 0.3) is 4.84 Å². The fourth-order valence-corrected chi connectivity index (χ4v) is 3.25. The Balaban J connectivity index is 1.69. The van der Waals surface area contributed by atoms with E-state index in [-0.39, 0.29) is 11.9 Å². The molecule has 2 heterocycles. The average Bonchev–Trinajstić information content (AvgIpc) is 3.03. The number of rotatable bonds is 6. The van der Waals surface area contributed by atoms with Crippen LogP contribution >= 0.6 is 12.2 Å². The summed E-state index contributed by atoms with van der Waals surface area (Å²) < 4.78 is 17.6. The lowest BCUT2D eigenvalue weighted by Gasteiger charge is -2.30. The second kappa shape index (κ2) is 8.46. The summed E-state index contributed by atoms with van der Waals surface area (Å²) in [5.74, 6) is 1.02. The molecule has 0 amide bonds. The summed E-state index contributed by atoms with van der Waals surface area (Å²) in [6, 6.07) is 7.45. The van der Waals surface area contributed by atoms with Gasteiger partial charge in [-0.05, 0) is 62.8 Å². The Kier molecular flexibility index (Phi) is 6.05. The third-order valence-electron chi connectivity index (χ3n) is 4.40. The Morgan fingerprint density at radius 2 is 2.15 bits per heavy atom. The van der Waals surface area contributed by atoms with Gasteiger partial charge in [-0.25, -0.2) is 4.68 Å². The molecule has 0 N–H and O–H groups in total. The third-order valence-corrected chi connectivity index (χ3v) is 4.70. The van der Waals surface area contributed by atoms with Crippen molar-refractivity contribution in [1.29, 1.82) is 0 Å². The van der Waals surface area contributed by atoms with Crippen molar-refractivity contribution in [3.63, 3.8) is 0 Å². The second-order valence-electron chi connectivity index (χ2n) is 6.21. The zero-order valence-electron chi connectivity index (χ0n) is 15.0. The molecule has 0 saturated carbocycles. The van der Waals surface area contributed by atoms with Crippen molar-refractivity contribution in [1.82, 2.24) is 14.7 Å². The molecule has 1 saturated heterocycles. The molecule has 2 aromatic rings. The van der Waals surface area contributed by atoms with E-state index in [1.54, 1.807) is 11.8 Å². The molecule has 3 rings (SSSR count). The predicted molar refractivity (Wildman–Crippen MR) is 98.2 cm³/mol. The van der Waals surface area contributed by atoms with E-state index >= 15 is 0 Å². The Labute approximate surface area is 157 Å². The third kappa shape index (κ3) is 4.31. The largest absolute Gasteiger partial charge is 0.497 e. The van der Waals surface area contributed by atoms with E-state index in [1.165, 1.54) is 0 Å². The molecule has 26 heavy (non-hydrogen) atoms. The van der Waals surface area contributed by atoms with Gasteiger partial charge in [-0.2, -0.15) is 0 Å². The van der Waals surface area contributed by atoms with Gasteiger partial charge >= 0.3 is 5.97 Å². The van der Waals surface area contributed by atoms with Crippen LogP contribution in [0.3, 0.4) is 0 Å². The van der Waals surface area contributed by atoms with Crippen LogP contribution in [0, 0.1) is 10.8 Å². The van der Waals surface area contributed by atoms with E-state index in [9.17, 15) is 4.79 Å². The molecule has 1 aliphatic rings. The minimum absolute atomic E-state index is 0.0918. The predicted octanol–water partition coefficient (Wildman–Crippen LogP) is 3.11. The first-order valence-electron chi connectivity index (χ1n) is 8.72. The first-order valence-corrected chi connectivity index (χ1v) is 9.13. The highest BCUT2D eigenvalue weighted by Gasteiger charge is 2.27. The fraction of sp³-hybridized carbons (Fsp3) is 0.500. The standard InChI is InChI=1S/C18H23N3O4S/c1-3-24-17(22)14-5-4-10-20(11-14)12-21-18(26)25-16(19-21)13-6-8-15(23-2)9-7-13/h6-9,14H,3-5,10-12H2,1-2H3/t14-/m0/s1. The molecule has 1 aromatic heterocycles. The minimum Gasteiger partial charge on any atom is -0.497 e. The number of aromatic nitrogens is 2. The number of likely N-dealkylation sites (tertiary alicyclic amines) is 1. The number of piperidine rings is 1. The van der Waals surface area contributed by atoms with Crippen molar-refractivity contribution >= 4 is 18.2 Å². The number of methoxy groups -OCH3 is 1. The molecule has 0 unspecified atom stereocenters. The number of hydrogen-bond acceptors (Lipinski definition) is 7. The van der Waals surface area contributed by atoms with Crippen LogP contribution in [0.4, 0.5) is 0 Å². The molecule has 0 spiro atoms. The molecule has 1 aromatic carbocycles. The quantitative estimate of drug-likeness (QED) is 0.566. The van der Waals surface area contributed by atoms with Gasteiger partial charge in [-0.3, -0.25) is 9.69 Å².